The summed E-state index contributed by atoms with van der Waals surface area (Å²) in [5.74, 6) is -1.26. The minimum absolute atomic E-state index is 0.00139. The zero-order chi connectivity index (χ0) is 21.7. The van der Waals surface area contributed by atoms with Gasteiger partial charge in [0.2, 0.25) is 0 Å². The van der Waals surface area contributed by atoms with E-state index >= 15 is 0 Å². The van der Waals surface area contributed by atoms with E-state index in [2.05, 4.69) is 0 Å². The fraction of sp³-hybridized carbons (Fsp3) is 0.364. The summed E-state index contributed by atoms with van der Waals surface area (Å²) >= 11 is 0. The molecule has 2 aromatic carbocycles. The summed E-state index contributed by atoms with van der Waals surface area (Å²) in [6.07, 6.45) is 1.17. The summed E-state index contributed by atoms with van der Waals surface area (Å²) in [6.45, 7) is -0.264. The first-order valence-electron chi connectivity index (χ1n) is 9.75. The summed E-state index contributed by atoms with van der Waals surface area (Å²) in [5, 5.41) is 9.11. The molecule has 30 heavy (non-hydrogen) atoms. The van der Waals surface area contributed by atoms with Gasteiger partial charge >= 0.3 is 12.1 Å². The minimum atomic E-state index is -3.09. The van der Waals surface area contributed by atoms with Crippen LogP contribution in [0.3, 0.4) is 0 Å². The van der Waals surface area contributed by atoms with Gasteiger partial charge in [0.15, 0.2) is 0 Å². The number of rotatable bonds is 9. The van der Waals surface area contributed by atoms with Gasteiger partial charge in [-0.15, -0.1) is 0 Å². The molecule has 1 aliphatic rings. The van der Waals surface area contributed by atoms with Crippen molar-refractivity contribution in [3.05, 3.63) is 59.7 Å². The normalized spacial score (nSPS) is 12.8. The van der Waals surface area contributed by atoms with Crippen LogP contribution in [0.5, 0.6) is 0 Å². The number of aliphatic carboxylic acids is 1. The van der Waals surface area contributed by atoms with Crippen LogP contribution in [-0.2, 0) is 19.4 Å². The zero-order valence-electron chi connectivity index (χ0n) is 16.8. The molecule has 0 heterocycles. The zero-order valence-corrected chi connectivity index (χ0v) is 17.6. The van der Waals surface area contributed by atoms with Crippen molar-refractivity contribution in [1.82, 2.24) is 4.90 Å². The van der Waals surface area contributed by atoms with E-state index < -0.39 is 28.4 Å². The maximum absolute atomic E-state index is 12.6. The van der Waals surface area contributed by atoms with Crippen LogP contribution in [0.4, 0.5) is 4.79 Å². The maximum Gasteiger partial charge on any atom is 0.410 e. The summed E-state index contributed by atoms with van der Waals surface area (Å²) < 4.78 is 28.0. The summed E-state index contributed by atoms with van der Waals surface area (Å²) in [5.41, 5.74) is 4.36. The molecule has 1 amide bonds. The lowest BCUT2D eigenvalue weighted by Crippen LogP contribution is -2.37. The van der Waals surface area contributed by atoms with Crippen LogP contribution in [0.15, 0.2) is 48.5 Å². The monoisotopic (exact) mass is 431 g/mol. The molecule has 1 N–H and O–H groups in total. The molecule has 7 nitrogen and oxygen atoms in total. The van der Waals surface area contributed by atoms with Crippen molar-refractivity contribution in [3.8, 4) is 11.1 Å². The standard InChI is InChI=1S/C22H25NO6S/c1-30(27,28)13-7-6-12-23(14-21(24)25)22(26)29-15-20-18-10-4-2-8-16(18)17-9-3-5-11-19(17)20/h2-5,8-11,20H,6-7,12-15H2,1H3,(H,24,25). The highest BCUT2D eigenvalue weighted by Gasteiger charge is 2.30. The smallest absolute Gasteiger partial charge is 0.410 e. The van der Waals surface area contributed by atoms with Crippen molar-refractivity contribution in [3.63, 3.8) is 0 Å². The number of nitrogens with zero attached hydrogens (tertiary/aromatic N) is 1. The molecule has 1 aliphatic carbocycles. The molecule has 160 valence electrons. The predicted octanol–water partition coefficient (Wildman–Crippen LogP) is 3.15. The number of hydrogen-bond donors (Lipinski definition) is 1. The third-order valence-corrected chi connectivity index (χ3v) is 6.14. The van der Waals surface area contributed by atoms with Gasteiger partial charge in [0.25, 0.3) is 0 Å². The third kappa shape index (κ3) is 5.38. The molecule has 8 heteroatoms. The van der Waals surface area contributed by atoms with Gasteiger partial charge in [-0.05, 0) is 35.1 Å². The van der Waals surface area contributed by atoms with E-state index in [1.54, 1.807) is 0 Å². The Kier molecular flexibility index (Phi) is 6.77. The van der Waals surface area contributed by atoms with Crippen molar-refractivity contribution in [2.45, 2.75) is 18.8 Å². The summed E-state index contributed by atoms with van der Waals surface area (Å²) in [4.78, 5) is 24.8. The Morgan fingerprint density at radius 3 is 2.10 bits per heavy atom. The second kappa shape index (κ2) is 9.30. The molecule has 0 fully saturated rings. The van der Waals surface area contributed by atoms with Gasteiger partial charge in [-0.25, -0.2) is 13.2 Å². The quantitative estimate of drug-likeness (QED) is 0.612. The average molecular weight is 432 g/mol. The highest BCUT2D eigenvalue weighted by atomic mass is 32.2. The molecule has 0 saturated carbocycles. The fourth-order valence-corrected chi connectivity index (χ4v) is 4.48. The number of benzene rings is 2. The molecule has 0 atom stereocenters. The molecule has 0 aliphatic heterocycles. The Hall–Kier alpha value is -2.87. The molecular weight excluding hydrogens is 406 g/mol. The molecule has 2 aromatic rings. The number of carbonyl (C=O) groups excluding carboxylic acids is 1. The lowest BCUT2D eigenvalue weighted by molar-refractivity contribution is -0.138. The first kappa shape index (κ1) is 21.8. The first-order valence-corrected chi connectivity index (χ1v) is 11.8. The topological polar surface area (TPSA) is 101 Å². The Morgan fingerprint density at radius 2 is 1.57 bits per heavy atom. The molecule has 0 aromatic heterocycles. The Bertz CT molecular complexity index is 988. The van der Waals surface area contributed by atoms with Crippen molar-refractivity contribution >= 4 is 21.9 Å². The first-order chi connectivity index (χ1) is 14.3. The van der Waals surface area contributed by atoms with Gasteiger partial charge in [-0.3, -0.25) is 9.69 Å². The minimum Gasteiger partial charge on any atom is -0.480 e. The Morgan fingerprint density at radius 1 is 1.00 bits per heavy atom. The number of ether oxygens (including phenoxy) is 1. The lowest BCUT2D eigenvalue weighted by Gasteiger charge is -2.22. The van der Waals surface area contributed by atoms with Gasteiger partial charge in [0.05, 0.1) is 0 Å². The van der Waals surface area contributed by atoms with E-state index in [4.69, 9.17) is 9.84 Å². The van der Waals surface area contributed by atoms with Crippen LogP contribution in [0, 0.1) is 0 Å². The molecule has 0 bridgehead atoms. The van der Waals surface area contributed by atoms with Gasteiger partial charge in [0.1, 0.15) is 23.0 Å². The number of carboxylic acids is 1. The number of hydrogen-bond acceptors (Lipinski definition) is 5. The SMILES string of the molecule is CS(=O)(=O)CCCCN(CC(=O)O)C(=O)OCC1c2ccccc2-c2ccccc21. The van der Waals surface area contributed by atoms with E-state index in [-0.39, 0.29) is 24.8 Å². The van der Waals surface area contributed by atoms with Gasteiger partial charge in [-0.1, -0.05) is 48.5 Å². The van der Waals surface area contributed by atoms with Crippen molar-refractivity contribution < 1.29 is 27.9 Å². The highest BCUT2D eigenvalue weighted by Crippen LogP contribution is 2.44. The number of amides is 1. The largest absolute Gasteiger partial charge is 0.480 e. The van der Waals surface area contributed by atoms with Crippen LogP contribution < -0.4 is 0 Å². The number of carboxylic acid groups (broad SMARTS) is 1. The molecule has 0 saturated heterocycles. The maximum atomic E-state index is 12.6. The summed E-state index contributed by atoms with van der Waals surface area (Å²) in [6, 6.07) is 15.9. The van der Waals surface area contributed by atoms with Crippen LogP contribution in [0.25, 0.3) is 11.1 Å². The van der Waals surface area contributed by atoms with Crippen LogP contribution in [0.1, 0.15) is 29.9 Å². The van der Waals surface area contributed by atoms with E-state index in [1.165, 1.54) is 0 Å². The molecule has 0 radical (unpaired) electrons. The van der Waals surface area contributed by atoms with Crippen molar-refractivity contribution in [2.75, 3.05) is 31.7 Å². The fourth-order valence-electron chi connectivity index (χ4n) is 3.75. The molecule has 0 unspecified atom stereocenters. The Labute approximate surface area is 176 Å². The number of unbranched alkanes of at least 4 members (excludes halogenated alkanes) is 1. The molecule has 3 rings (SSSR count). The van der Waals surface area contributed by atoms with Gasteiger partial charge in [-0.2, -0.15) is 0 Å². The van der Waals surface area contributed by atoms with E-state index in [1.807, 2.05) is 48.5 Å². The van der Waals surface area contributed by atoms with Crippen molar-refractivity contribution in [1.29, 1.82) is 0 Å². The number of carbonyl (C=O) groups is 2. The lowest BCUT2D eigenvalue weighted by atomic mass is 9.98. The highest BCUT2D eigenvalue weighted by molar-refractivity contribution is 7.90. The second-order valence-electron chi connectivity index (χ2n) is 7.46. The average Bonchev–Trinajstić information content (AvgIpc) is 3.01. The molecule has 0 spiro atoms. The van der Waals surface area contributed by atoms with Crippen LogP contribution >= 0.6 is 0 Å². The van der Waals surface area contributed by atoms with Crippen molar-refractivity contribution in [2.24, 2.45) is 0 Å². The van der Waals surface area contributed by atoms with Crippen LogP contribution in [0.2, 0.25) is 0 Å². The number of fused-ring (bicyclic) bond motifs is 3. The predicted molar refractivity (Wildman–Crippen MR) is 113 cm³/mol. The number of sulfone groups is 1. The van der Waals surface area contributed by atoms with E-state index in [0.717, 1.165) is 33.4 Å². The van der Waals surface area contributed by atoms with E-state index in [0.29, 0.717) is 12.8 Å². The Balaban J connectivity index is 1.65. The van der Waals surface area contributed by atoms with Gasteiger partial charge < -0.3 is 9.84 Å². The summed E-state index contributed by atoms with van der Waals surface area (Å²) in [7, 11) is -3.09. The molecular formula is C22H25NO6S. The van der Waals surface area contributed by atoms with Gasteiger partial charge in [0, 0.05) is 24.5 Å². The van der Waals surface area contributed by atoms with E-state index in [9.17, 15) is 18.0 Å². The second-order valence-corrected chi connectivity index (χ2v) is 9.72. The van der Waals surface area contributed by atoms with Crippen LogP contribution in [-0.4, -0.2) is 62.2 Å². The third-order valence-electron chi connectivity index (χ3n) is 5.11.